The summed E-state index contributed by atoms with van der Waals surface area (Å²) in [6.07, 6.45) is 1.24. The zero-order chi connectivity index (χ0) is 18.4. The molecule has 3 N–H and O–H groups in total. The van der Waals surface area contributed by atoms with Crippen LogP contribution in [-0.2, 0) is 9.59 Å². The molecular weight excluding hydrogens is 327 g/mol. The van der Waals surface area contributed by atoms with Crippen LogP contribution in [0.4, 0.5) is 10.1 Å². The fraction of sp³-hybridized carbons (Fsp3) is 0.333. The molecule has 0 aliphatic carbocycles. The van der Waals surface area contributed by atoms with E-state index in [1.807, 2.05) is 13.8 Å². The number of carbonyl (C=O) groups excluding carboxylic acids is 2. The minimum atomic E-state index is -1.01. The Balaban J connectivity index is 1.98. The lowest BCUT2D eigenvalue weighted by Crippen LogP contribution is -2.40. The zero-order valence-electron chi connectivity index (χ0n) is 14.1. The van der Waals surface area contributed by atoms with Gasteiger partial charge in [0.25, 0.3) is 0 Å². The first-order valence-electron chi connectivity index (χ1n) is 7.97. The second kappa shape index (κ2) is 8.43. The van der Waals surface area contributed by atoms with E-state index in [1.165, 1.54) is 24.5 Å². The fourth-order valence-electron chi connectivity index (χ4n) is 2.31. The van der Waals surface area contributed by atoms with Crippen molar-refractivity contribution in [1.29, 1.82) is 0 Å². The van der Waals surface area contributed by atoms with E-state index in [4.69, 9.17) is 4.42 Å². The fourth-order valence-corrected chi connectivity index (χ4v) is 2.31. The maximum Gasteiger partial charge on any atom is 0.313 e. The molecule has 2 amide bonds. The third-order valence-corrected chi connectivity index (χ3v) is 3.47. The summed E-state index contributed by atoms with van der Waals surface area (Å²) >= 11 is 0. The number of hydrogen-bond acceptors (Lipinski definition) is 4. The van der Waals surface area contributed by atoms with Gasteiger partial charge in [-0.1, -0.05) is 13.8 Å². The van der Waals surface area contributed by atoms with Gasteiger partial charge in [-0.05, 0) is 42.7 Å². The summed E-state index contributed by atoms with van der Waals surface area (Å²) in [5, 5.41) is 14.3. The largest absolute Gasteiger partial charge is 0.464 e. The Labute approximate surface area is 145 Å². The van der Waals surface area contributed by atoms with E-state index in [0.717, 1.165) is 0 Å². The van der Waals surface area contributed by atoms with E-state index < -0.39 is 23.7 Å². The third-order valence-electron chi connectivity index (χ3n) is 3.47. The van der Waals surface area contributed by atoms with Crippen molar-refractivity contribution in [3.63, 3.8) is 0 Å². The molecule has 0 saturated heterocycles. The molecule has 0 bridgehead atoms. The van der Waals surface area contributed by atoms with Gasteiger partial charge in [0.05, 0.1) is 18.1 Å². The van der Waals surface area contributed by atoms with Crippen molar-refractivity contribution in [2.24, 2.45) is 5.92 Å². The second-order valence-electron chi connectivity index (χ2n) is 6.12. The van der Waals surface area contributed by atoms with Crippen molar-refractivity contribution < 1.29 is 23.5 Å². The first kappa shape index (κ1) is 18.7. The van der Waals surface area contributed by atoms with Gasteiger partial charge < -0.3 is 20.2 Å². The van der Waals surface area contributed by atoms with Crippen molar-refractivity contribution in [1.82, 2.24) is 5.32 Å². The molecule has 0 aliphatic rings. The highest BCUT2D eigenvalue weighted by Gasteiger charge is 2.18. The second-order valence-corrected chi connectivity index (χ2v) is 6.12. The lowest BCUT2D eigenvalue weighted by atomic mass is 10.1. The van der Waals surface area contributed by atoms with Crippen LogP contribution in [0, 0.1) is 11.7 Å². The van der Waals surface area contributed by atoms with Gasteiger partial charge in [-0.25, -0.2) is 4.39 Å². The maximum absolute atomic E-state index is 13.9. The number of carbonyl (C=O) groups is 2. The molecule has 1 atom stereocenters. The van der Waals surface area contributed by atoms with Crippen molar-refractivity contribution in [3.8, 4) is 11.3 Å². The SMILES string of the molecule is CC(C)CC(O)CNC(=O)C(=O)Nc1cc(-c2ccco2)ccc1F. The van der Waals surface area contributed by atoms with E-state index in [-0.39, 0.29) is 18.2 Å². The van der Waals surface area contributed by atoms with Crippen molar-refractivity contribution in [2.45, 2.75) is 26.4 Å². The van der Waals surface area contributed by atoms with Gasteiger partial charge in [0, 0.05) is 12.1 Å². The zero-order valence-corrected chi connectivity index (χ0v) is 14.1. The summed E-state index contributed by atoms with van der Waals surface area (Å²) in [4.78, 5) is 23.7. The van der Waals surface area contributed by atoms with Crippen LogP contribution in [0.3, 0.4) is 0 Å². The number of halogens is 1. The van der Waals surface area contributed by atoms with E-state index in [0.29, 0.717) is 17.7 Å². The smallest absolute Gasteiger partial charge is 0.313 e. The van der Waals surface area contributed by atoms with Crippen LogP contribution in [0.5, 0.6) is 0 Å². The van der Waals surface area contributed by atoms with E-state index in [9.17, 15) is 19.1 Å². The number of nitrogens with one attached hydrogen (secondary N) is 2. The normalized spacial score (nSPS) is 12.0. The maximum atomic E-state index is 13.9. The molecule has 0 spiro atoms. The summed E-state index contributed by atoms with van der Waals surface area (Å²) in [6, 6.07) is 7.45. The molecule has 1 unspecified atom stereocenters. The first-order chi connectivity index (χ1) is 11.9. The summed E-state index contributed by atoms with van der Waals surface area (Å²) < 4.78 is 19.1. The molecule has 6 nitrogen and oxygen atoms in total. The molecule has 0 radical (unpaired) electrons. The Morgan fingerprint density at radius 1 is 1.24 bits per heavy atom. The van der Waals surface area contributed by atoms with Crippen LogP contribution in [0.15, 0.2) is 41.0 Å². The Morgan fingerprint density at radius 3 is 2.64 bits per heavy atom. The highest BCUT2D eigenvalue weighted by atomic mass is 19.1. The van der Waals surface area contributed by atoms with Crippen LogP contribution in [0.1, 0.15) is 20.3 Å². The van der Waals surface area contributed by atoms with Crippen LogP contribution in [0.2, 0.25) is 0 Å². The highest BCUT2D eigenvalue weighted by molar-refractivity contribution is 6.39. The molecule has 0 aliphatic heterocycles. The van der Waals surface area contributed by atoms with Crippen LogP contribution in [-0.4, -0.2) is 29.6 Å². The van der Waals surface area contributed by atoms with Gasteiger partial charge in [-0.2, -0.15) is 0 Å². The lowest BCUT2D eigenvalue weighted by Gasteiger charge is -2.14. The third kappa shape index (κ3) is 5.42. The van der Waals surface area contributed by atoms with Crippen molar-refractivity contribution in [3.05, 3.63) is 42.4 Å². The molecule has 7 heteroatoms. The Bertz CT molecular complexity index is 729. The minimum absolute atomic E-state index is 0.0423. The Hall–Kier alpha value is -2.67. The van der Waals surface area contributed by atoms with Gasteiger partial charge in [-0.3, -0.25) is 9.59 Å². The van der Waals surface area contributed by atoms with Crippen LogP contribution < -0.4 is 10.6 Å². The Kier molecular flexibility index (Phi) is 6.30. The van der Waals surface area contributed by atoms with E-state index >= 15 is 0 Å². The number of rotatable bonds is 6. The first-order valence-corrected chi connectivity index (χ1v) is 7.97. The number of aliphatic hydroxyl groups excluding tert-OH is 1. The monoisotopic (exact) mass is 348 g/mol. The number of aliphatic hydroxyl groups is 1. The molecule has 134 valence electrons. The predicted molar refractivity (Wildman–Crippen MR) is 91.2 cm³/mol. The lowest BCUT2D eigenvalue weighted by molar-refractivity contribution is -0.136. The average molecular weight is 348 g/mol. The summed E-state index contributed by atoms with van der Waals surface area (Å²) in [7, 11) is 0. The molecule has 25 heavy (non-hydrogen) atoms. The quantitative estimate of drug-likeness (QED) is 0.700. The van der Waals surface area contributed by atoms with Crippen molar-refractivity contribution in [2.75, 3.05) is 11.9 Å². The van der Waals surface area contributed by atoms with Gasteiger partial charge in [0.1, 0.15) is 11.6 Å². The molecule has 0 fully saturated rings. The summed E-state index contributed by atoms with van der Waals surface area (Å²) in [5.74, 6) is -1.84. The molecule has 2 rings (SSSR count). The van der Waals surface area contributed by atoms with E-state index in [1.54, 1.807) is 12.1 Å². The van der Waals surface area contributed by atoms with Gasteiger partial charge >= 0.3 is 11.8 Å². The molecule has 1 aromatic heterocycles. The molecule has 2 aromatic rings. The van der Waals surface area contributed by atoms with Crippen LogP contribution >= 0.6 is 0 Å². The highest BCUT2D eigenvalue weighted by Crippen LogP contribution is 2.25. The molecular formula is C18H21FN2O4. The van der Waals surface area contributed by atoms with E-state index in [2.05, 4.69) is 10.6 Å². The summed E-state index contributed by atoms with van der Waals surface area (Å²) in [5.41, 5.74) is 0.436. The van der Waals surface area contributed by atoms with Crippen LogP contribution in [0.25, 0.3) is 11.3 Å². The standard InChI is InChI=1S/C18H21FN2O4/c1-11(2)8-13(22)10-20-17(23)18(24)21-15-9-12(5-6-14(15)19)16-4-3-7-25-16/h3-7,9,11,13,22H,8,10H2,1-2H3,(H,20,23)(H,21,24). The molecule has 1 heterocycles. The number of hydrogen-bond donors (Lipinski definition) is 3. The number of anilines is 1. The number of furan rings is 1. The van der Waals surface area contributed by atoms with Crippen molar-refractivity contribution >= 4 is 17.5 Å². The molecule has 0 saturated carbocycles. The van der Waals surface area contributed by atoms with Gasteiger partial charge in [0.2, 0.25) is 0 Å². The molecule has 1 aromatic carbocycles. The minimum Gasteiger partial charge on any atom is -0.464 e. The topological polar surface area (TPSA) is 91.6 Å². The predicted octanol–water partition coefficient (Wildman–Crippen LogP) is 2.55. The summed E-state index contributed by atoms with van der Waals surface area (Å²) in [6.45, 7) is 3.83. The Morgan fingerprint density at radius 2 is 2.00 bits per heavy atom. The number of benzene rings is 1. The van der Waals surface area contributed by atoms with Gasteiger partial charge in [0.15, 0.2) is 0 Å². The average Bonchev–Trinajstić information content (AvgIpc) is 3.08. The number of amides is 2. The van der Waals surface area contributed by atoms with Gasteiger partial charge in [-0.15, -0.1) is 0 Å².